The second kappa shape index (κ2) is 7.30. The molecular weight excluding hydrogens is 320 g/mol. The van der Waals surface area contributed by atoms with Crippen LogP contribution in [0.4, 0.5) is 0 Å². The van der Waals surface area contributed by atoms with Crippen LogP contribution in [0.1, 0.15) is 66.2 Å². The molecule has 2 aliphatic rings. The minimum Gasteiger partial charge on any atom is -0.481 e. The summed E-state index contributed by atoms with van der Waals surface area (Å²) in [6, 6.07) is 0. The van der Waals surface area contributed by atoms with Gasteiger partial charge in [-0.2, -0.15) is 0 Å². The van der Waals surface area contributed by atoms with Crippen molar-refractivity contribution in [3.8, 4) is 0 Å². The number of carbonyl (C=O) groups is 3. The Morgan fingerprint density at radius 1 is 1.36 bits per heavy atom. The number of carboxylic acid groups (broad SMARTS) is 1. The van der Waals surface area contributed by atoms with Gasteiger partial charge in [0.25, 0.3) is 6.47 Å². The third-order valence-electron chi connectivity index (χ3n) is 6.05. The summed E-state index contributed by atoms with van der Waals surface area (Å²) in [5.41, 5.74) is 1.55. The molecule has 0 aromatic heterocycles. The van der Waals surface area contributed by atoms with E-state index in [1.54, 1.807) is 6.92 Å². The standard InChI is InChI=1S/C20H30O5/c1-13(18(23)24)16-15(7-6-14(17(16)22)10-25-12-21)20(4)9-5-8-19(2,3)11-20/h12-14H,5-11H2,1-4H3,(H,23,24)/t13?,14?,20-/m0/s1. The van der Waals surface area contributed by atoms with Crippen LogP contribution >= 0.6 is 0 Å². The predicted molar refractivity (Wildman–Crippen MR) is 93.9 cm³/mol. The van der Waals surface area contributed by atoms with Crippen molar-refractivity contribution in [1.29, 1.82) is 0 Å². The van der Waals surface area contributed by atoms with Gasteiger partial charge in [0.15, 0.2) is 5.78 Å². The molecular formula is C20H30O5. The number of hydrogen-bond donors (Lipinski definition) is 1. The number of ether oxygens (including phenoxy) is 1. The Morgan fingerprint density at radius 2 is 2.04 bits per heavy atom. The highest BCUT2D eigenvalue weighted by Crippen LogP contribution is 2.53. The Labute approximate surface area is 149 Å². The number of aliphatic carboxylic acids is 1. The van der Waals surface area contributed by atoms with Crippen molar-refractivity contribution >= 4 is 18.2 Å². The molecule has 0 heterocycles. The first kappa shape index (κ1) is 19.7. The van der Waals surface area contributed by atoms with Gasteiger partial charge in [0.1, 0.15) is 6.61 Å². The van der Waals surface area contributed by atoms with E-state index in [1.807, 2.05) is 0 Å². The smallest absolute Gasteiger partial charge is 0.310 e. The topological polar surface area (TPSA) is 80.7 Å². The minimum absolute atomic E-state index is 0.0354. The van der Waals surface area contributed by atoms with Gasteiger partial charge in [0, 0.05) is 5.57 Å². The van der Waals surface area contributed by atoms with E-state index >= 15 is 0 Å². The molecule has 2 aliphatic carbocycles. The lowest BCUT2D eigenvalue weighted by atomic mass is 9.58. The van der Waals surface area contributed by atoms with E-state index < -0.39 is 17.8 Å². The molecule has 3 atom stereocenters. The molecule has 0 aromatic carbocycles. The lowest BCUT2D eigenvalue weighted by molar-refractivity contribution is -0.142. The number of Topliss-reactive ketones (excluding diaryl/α,β-unsaturated/α-hetero) is 1. The lowest BCUT2D eigenvalue weighted by Crippen LogP contribution is -2.39. The highest BCUT2D eigenvalue weighted by atomic mass is 16.5. The Kier molecular flexibility index (Phi) is 5.75. The van der Waals surface area contributed by atoms with Gasteiger partial charge in [0.2, 0.25) is 0 Å². The quantitative estimate of drug-likeness (QED) is 0.738. The molecule has 25 heavy (non-hydrogen) atoms. The van der Waals surface area contributed by atoms with Gasteiger partial charge in [-0.1, -0.05) is 32.8 Å². The summed E-state index contributed by atoms with van der Waals surface area (Å²) < 4.78 is 4.80. The second-order valence-electron chi connectivity index (χ2n) is 8.74. The fourth-order valence-corrected chi connectivity index (χ4v) is 4.94. The van der Waals surface area contributed by atoms with Gasteiger partial charge in [-0.25, -0.2) is 0 Å². The van der Waals surface area contributed by atoms with Gasteiger partial charge < -0.3 is 9.84 Å². The van der Waals surface area contributed by atoms with Crippen molar-refractivity contribution in [2.45, 2.75) is 66.2 Å². The molecule has 0 saturated heterocycles. The normalized spacial score (nSPS) is 30.7. The van der Waals surface area contributed by atoms with Crippen LogP contribution in [0.15, 0.2) is 11.1 Å². The fraction of sp³-hybridized carbons (Fsp3) is 0.750. The second-order valence-corrected chi connectivity index (χ2v) is 8.74. The highest BCUT2D eigenvalue weighted by molar-refractivity contribution is 6.03. The van der Waals surface area contributed by atoms with Crippen LogP contribution < -0.4 is 0 Å². The number of allylic oxidation sites excluding steroid dienone is 1. The average Bonchev–Trinajstić information content (AvgIpc) is 2.51. The SMILES string of the molecule is CC(C(=O)O)C1=C([C@@]2(C)CCCC(C)(C)C2)CCC(COC=O)C1=O. The molecule has 2 rings (SSSR count). The molecule has 1 fully saturated rings. The summed E-state index contributed by atoms with van der Waals surface area (Å²) >= 11 is 0. The van der Waals surface area contributed by atoms with Crippen molar-refractivity contribution in [3.63, 3.8) is 0 Å². The van der Waals surface area contributed by atoms with Crippen LogP contribution in [0.5, 0.6) is 0 Å². The molecule has 0 spiro atoms. The summed E-state index contributed by atoms with van der Waals surface area (Å²) in [4.78, 5) is 35.1. The maximum Gasteiger partial charge on any atom is 0.310 e. The minimum atomic E-state index is -0.975. The number of hydrogen-bond acceptors (Lipinski definition) is 4. The Bertz CT molecular complexity index is 589. The molecule has 140 valence electrons. The molecule has 0 bridgehead atoms. The molecule has 0 amide bonds. The van der Waals surface area contributed by atoms with Crippen LogP contribution in [0.2, 0.25) is 0 Å². The summed E-state index contributed by atoms with van der Waals surface area (Å²) in [5, 5.41) is 9.54. The Morgan fingerprint density at radius 3 is 2.60 bits per heavy atom. The van der Waals surface area contributed by atoms with E-state index in [0.29, 0.717) is 24.9 Å². The number of carboxylic acids is 1. The third-order valence-corrected chi connectivity index (χ3v) is 6.05. The third kappa shape index (κ3) is 4.13. The molecule has 2 unspecified atom stereocenters. The maximum absolute atomic E-state index is 13.0. The van der Waals surface area contributed by atoms with Crippen LogP contribution in [-0.4, -0.2) is 29.9 Å². The maximum atomic E-state index is 13.0. The monoisotopic (exact) mass is 350 g/mol. The van der Waals surface area contributed by atoms with E-state index in [1.165, 1.54) is 0 Å². The summed E-state index contributed by atoms with van der Waals surface area (Å²) in [7, 11) is 0. The predicted octanol–water partition coefficient (Wildman–Crippen LogP) is 3.76. The van der Waals surface area contributed by atoms with E-state index in [-0.39, 0.29) is 23.2 Å². The molecule has 0 aromatic rings. The van der Waals surface area contributed by atoms with Crippen LogP contribution in [0, 0.1) is 22.7 Å². The number of rotatable bonds is 6. The molecule has 1 saturated carbocycles. The van der Waals surface area contributed by atoms with Gasteiger partial charge >= 0.3 is 5.97 Å². The van der Waals surface area contributed by atoms with E-state index in [9.17, 15) is 19.5 Å². The summed E-state index contributed by atoms with van der Waals surface area (Å²) in [6.07, 6.45) is 5.53. The highest BCUT2D eigenvalue weighted by Gasteiger charge is 2.45. The van der Waals surface area contributed by atoms with Gasteiger partial charge in [0.05, 0.1) is 11.8 Å². The summed E-state index contributed by atoms with van der Waals surface area (Å²) in [6.45, 7) is 8.65. The summed E-state index contributed by atoms with van der Waals surface area (Å²) in [5.74, 6) is -2.38. The van der Waals surface area contributed by atoms with Gasteiger partial charge in [-0.3, -0.25) is 14.4 Å². The average molecular weight is 350 g/mol. The van der Waals surface area contributed by atoms with Gasteiger partial charge in [-0.05, 0) is 49.9 Å². The largest absolute Gasteiger partial charge is 0.481 e. The first-order valence-electron chi connectivity index (χ1n) is 9.17. The van der Waals surface area contributed by atoms with Crippen LogP contribution in [0.25, 0.3) is 0 Å². The van der Waals surface area contributed by atoms with E-state index in [0.717, 1.165) is 31.3 Å². The molecule has 0 aliphatic heterocycles. The van der Waals surface area contributed by atoms with Crippen molar-refractivity contribution in [3.05, 3.63) is 11.1 Å². The Hall–Kier alpha value is -1.65. The molecule has 0 radical (unpaired) electrons. The van der Waals surface area contributed by atoms with Crippen molar-refractivity contribution in [1.82, 2.24) is 0 Å². The zero-order valence-electron chi connectivity index (χ0n) is 15.8. The first-order valence-corrected chi connectivity index (χ1v) is 9.17. The van der Waals surface area contributed by atoms with Crippen LogP contribution in [-0.2, 0) is 19.1 Å². The van der Waals surface area contributed by atoms with Crippen molar-refractivity contribution < 1.29 is 24.2 Å². The molecule has 1 N–H and O–H groups in total. The van der Waals surface area contributed by atoms with Crippen LogP contribution in [0.3, 0.4) is 0 Å². The van der Waals surface area contributed by atoms with E-state index in [2.05, 4.69) is 20.8 Å². The molecule has 5 nitrogen and oxygen atoms in total. The van der Waals surface area contributed by atoms with Gasteiger partial charge in [-0.15, -0.1) is 0 Å². The molecule has 5 heteroatoms. The zero-order chi connectivity index (χ0) is 18.8. The number of carbonyl (C=O) groups excluding carboxylic acids is 2. The lowest BCUT2D eigenvalue weighted by Gasteiger charge is -2.47. The Balaban J connectivity index is 2.45. The van der Waals surface area contributed by atoms with Crippen molar-refractivity contribution in [2.75, 3.05) is 6.61 Å². The van der Waals surface area contributed by atoms with Crippen molar-refractivity contribution in [2.24, 2.45) is 22.7 Å². The zero-order valence-corrected chi connectivity index (χ0v) is 15.8. The fourth-order valence-electron chi connectivity index (χ4n) is 4.94. The first-order chi connectivity index (χ1) is 11.6. The van der Waals surface area contributed by atoms with E-state index in [4.69, 9.17) is 4.74 Å². The number of ketones is 1.